The summed E-state index contributed by atoms with van der Waals surface area (Å²) in [7, 11) is 0. The Labute approximate surface area is 213 Å². The Bertz CT molecular complexity index is 1490. The third kappa shape index (κ3) is 4.52. The summed E-state index contributed by atoms with van der Waals surface area (Å²) in [6.45, 7) is 0.347. The van der Waals surface area contributed by atoms with Gasteiger partial charge in [-0.1, -0.05) is 11.6 Å². The molecule has 2 aliphatic rings. The molecule has 4 aromatic heterocycles. The molecule has 37 heavy (non-hydrogen) atoms. The van der Waals surface area contributed by atoms with Gasteiger partial charge in [-0.15, -0.1) is 5.10 Å². The van der Waals surface area contributed by atoms with Crippen molar-refractivity contribution in [1.29, 1.82) is 0 Å². The number of rotatable bonds is 5. The van der Waals surface area contributed by atoms with Crippen LogP contribution in [0, 0.1) is 0 Å². The van der Waals surface area contributed by atoms with E-state index in [-0.39, 0.29) is 23.6 Å². The Balaban J connectivity index is 1.07. The zero-order chi connectivity index (χ0) is 25.7. The SMILES string of the molecule is O=C1c2ccnc(Cl)c2CN1c1ccc(N[C@H]2CC[C@H](Nc3nc4cc(C(F)(F)F)ccn4n3)C2)nc1. The van der Waals surface area contributed by atoms with E-state index in [1.54, 1.807) is 17.2 Å². The normalized spacial score (nSPS) is 19.5. The molecular formula is C24H20ClF3N8O. The molecule has 1 aliphatic carbocycles. The van der Waals surface area contributed by atoms with Crippen LogP contribution in [-0.2, 0) is 12.7 Å². The third-order valence-electron chi connectivity index (χ3n) is 6.64. The lowest BCUT2D eigenvalue weighted by Gasteiger charge is -2.17. The van der Waals surface area contributed by atoms with E-state index >= 15 is 0 Å². The molecule has 0 radical (unpaired) electrons. The van der Waals surface area contributed by atoms with Crippen LogP contribution in [-0.4, -0.2) is 42.6 Å². The largest absolute Gasteiger partial charge is 0.416 e. The van der Waals surface area contributed by atoms with Crippen LogP contribution in [0.5, 0.6) is 0 Å². The molecule has 4 aromatic rings. The fourth-order valence-electron chi connectivity index (χ4n) is 4.79. The van der Waals surface area contributed by atoms with E-state index in [0.717, 1.165) is 31.4 Å². The Morgan fingerprint density at radius 3 is 2.59 bits per heavy atom. The highest BCUT2D eigenvalue weighted by atomic mass is 35.5. The number of carbonyl (C=O) groups is 1. The first-order valence-corrected chi connectivity index (χ1v) is 12.0. The van der Waals surface area contributed by atoms with Crippen molar-refractivity contribution in [2.75, 3.05) is 15.5 Å². The van der Waals surface area contributed by atoms with Crippen molar-refractivity contribution in [2.24, 2.45) is 0 Å². The van der Waals surface area contributed by atoms with Gasteiger partial charge in [0.05, 0.1) is 24.0 Å². The van der Waals surface area contributed by atoms with E-state index in [0.29, 0.717) is 40.3 Å². The minimum Gasteiger partial charge on any atom is -0.367 e. The smallest absolute Gasteiger partial charge is 0.367 e. The van der Waals surface area contributed by atoms with Gasteiger partial charge < -0.3 is 15.5 Å². The molecule has 0 spiro atoms. The van der Waals surface area contributed by atoms with Gasteiger partial charge in [0.1, 0.15) is 11.0 Å². The molecule has 2 atom stereocenters. The molecule has 5 heterocycles. The van der Waals surface area contributed by atoms with Gasteiger partial charge in [-0.2, -0.15) is 18.2 Å². The maximum Gasteiger partial charge on any atom is 0.416 e. The van der Waals surface area contributed by atoms with Gasteiger partial charge in [0, 0.05) is 35.6 Å². The first kappa shape index (κ1) is 23.5. The Kier molecular flexibility index (Phi) is 5.63. The molecular weight excluding hydrogens is 509 g/mol. The van der Waals surface area contributed by atoms with Gasteiger partial charge >= 0.3 is 6.18 Å². The van der Waals surface area contributed by atoms with Gasteiger partial charge in [-0.25, -0.2) is 14.5 Å². The molecule has 0 saturated heterocycles. The summed E-state index contributed by atoms with van der Waals surface area (Å²) in [6.07, 6.45) is 2.47. The van der Waals surface area contributed by atoms with Gasteiger partial charge in [0.15, 0.2) is 5.65 Å². The average Bonchev–Trinajstić information content (AvgIpc) is 3.57. The summed E-state index contributed by atoms with van der Waals surface area (Å²) in [4.78, 5) is 27.1. The number of fused-ring (bicyclic) bond motifs is 2. The summed E-state index contributed by atoms with van der Waals surface area (Å²) in [6, 6.07) is 7.49. The Morgan fingerprint density at radius 1 is 1.05 bits per heavy atom. The van der Waals surface area contributed by atoms with Crippen molar-refractivity contribution >= 4 is 40.6 Å². The number of nitrogens with one attached hydrogen (secondary N) is 2. The van der Waals surface area contributed by atoms with Crippen LogP contribution in [0.15, 0.2) is 48.9 Å². The van der Waals surface area contributed by atoms with Crippen molar-refractivity contribution in [3.8, 4) is 0 Å². The Hall–Kier alpha value is -3.93. The number of pyridine rings is 3. The van der Waals surface area contributed by atoms with Crippen molar-refractivity contribution in [2.45, 2.75) is 44.1 Å². The minimum absolute atomic E-state index is 0.0651. The third-order valence-corrected chi connectivity index (χ3v) is 6.96. The zero-order valence-corrected chi connectivity index (χ0v) is 20.0. The number of anilines is 3. The monoisotopic (exact) mass is 528 g/mol. The number of nitrogens with zero attached hydrogens (tertiary/aromatic N) is 6. The predicted octanol–water partition coefficient (Wildman–Crippen LogP) is 4.80. The first-order valence-electron chi connectivity index (χ1n) is 11.6. The first-order chi connectivity index (χ1) is 17.7. The lowest BCUT2D eigenvalue weighted by molar-refractivity contribution is -0.137. The van der Waals surface area contributed by atoms with E-state index in [1.165, 1.54) is 16.9 Å². The number of halogens is 4. The summed E-state index contributed by atoms with van der Waals surface area (Å²) >= 11 is 6.14. The second-order valence-corrected chi connectivity index (χ2v) is 9.43. The van der Waals surface area contributed by atoms with Gasteiger partial charge in [0.25, 0.3) is 5.91 Å². The van der Waals surface area contributed by atoms with Crippen molar-refractivity contribution in [1.82, 2.24) is 24.6 Å². The average molecular weight is 529 g/mol. The van der Waals surface area contributed by atoms with Crippen LogP contribution >= 0.6 is 11.6 Å². The fourth-order valence-corrected chi connectivity index (χ4v) is 5.00. The maximum absolute atomic E-state index is 13.0. The van der Waals surface area contributed by atoms with Crippen LogP contribution < -0.4 is 15.5 Å². The number of hydrogen-bond acceptors (Lipinski definition) is 7. The molecule has 0 bridgehead atoms. The summed E-state index contributed by atoms with van der Waals surface area (Å²) in [5.74, 6) is 0.838. The summed E-state index contributed by atoms with van der Waals surface area (Å²) in [5.41, 5.74) is 1.30. The quantitative estimate of drug-likeness (QED) is 0.359. The standard InChI is InChI=1S/C24H20ClF3N8O/c25-21-18-12-35(22(37)17(18)5-7-29-21)16-3-4-19(30-11-16)31-14-1-2-15(10-14)32-23-33-20-9-13(24(26,27)28)6-8-36(20)34-23/h3-9,11,14-15H,1-2,10,12H2,(H,30,31)(H,32,34)/t14-,15-/m0/s1. The molecule has 1 amide bonds. The fraction of sp³-hybridized carbons (Fsp3) is 0.292. The topological polar surface area (TPSA) is 100 Å². The molecule has 1 aliphatic heterocycles. The molecule has 0 aromatic carbocycles. The zero-order valence-electron chi connectivity index (χ0n) is 19.2. The molecule has 0 unspecified atom stereocenters. The van der Waals surface area contributed by atoms with Crippen molar-refractivity contribution < 1.29 is 18.0 Å². The van der Waals surface area contributed by atoms with Crippen LogP contribution in [0.2, 0.25) is 5.15 Å². The number of aromatic nitrogens is 5. The molecule has 1 fully saturated rings. The van der Waals surface area contributed by atoms with Gasteiger partial charge in [-0.05, 0) is 49.6 Å². The van der Waals surface area contributed by atoms with Crippen LogP contribution in [0.4, 0.5) is 30.6 Å². The molecule has 2 N–H and O–H groups in total. The van der Waals surface area contributed by atoms with Crippen LogP contribution in [0.1, 0.15) is 40.7 Å². The number of amides is 1. The highest BCUT2D eigenvalue weighted by Crippen LogP contribution is 2.32. The predicted molar refractivity (Wildman–Crippen MR) is 131 cm³/mol. The molecule has 190 valence electrons. The summed E-state index contributed by atoms with van der Waals surface area (Å²) in [5, 5.41) is 11.2. The van der Waals surface area contributed by atoms with Crippen LogP contribution in [0.25, 0.3) is 5.65 Å². The van der Waals surface area contributed by atoms with E-state index < -0.39 is 11.7 Å². The van der Waals surface area contributed by atoms with Crippen LogP contribution in [0.3, 0.4) is 0 Å². The van der Waals surface area contributed by atoms with Crippen molar-refractivity contribution in [3.63, 3.8) is 0 Å². The lowest BCUT2D eigenvalue weighted by atomic mass is 10.2. The molecule has 13 heteroatoms. The maximum atomic E-state index is 13.0. The van der Waals surface area contributed by atoms with E-state index in [1.807, 2.05) is 12.1 Å². The summed E-state index contributed by atoms with van der Waals surface area (Å²) < 4.78 is 40.2. The second kappa shape index (κ2) is 8.87. The highest BCUT2D eigenvalue weighted by Gasteiger charge is 2.32. The van der Waals surface area contributed by atoms with E-state index in [2.05, 4.69) is 30.7 Å². The minimum atomic E-state index is -4.43. The molecule has 6 rings (SSSR count). The second-order valence-electron chi connectivity index (χ2n) is 9.07. The van der Waals surface area contributed by atoms with E-state index in [4.69, 9.17) is 11.6 Å². The number of alkyl halides is 3. The van der Waals surface area contributed by atoms with Gasteiger partial charge in [-0.3, -0.25) is 4.79 Å². The van der Waals surface area contributed by atoms with Gasteiger partial charge in [0.2, 0.25) is 5.95 Å². The number of hydrogen-bond donors (Lipinski definition) is 2. The van der Waals surface area contributed by atoms with Crippen molar-refractivity contribution in [3.05, 3.63) is 70.8 Å². The molecule has 1 saturated carbocycles. The Morgan fingerprint density at radius 2 is 1.86 bits per heavy atom. The molecule has 9 nitrogen and oxygen atoms in total. The highest BCUT2D eigenvalue weighted by molar-refractivity contribution is 6.31. The lowest BCUT2D eigenvalue weighted by Crippen LogP contribution is -2.24. The van der Waals surface area contributed by atoms with E-state index in [9.17, 15) is 18.0 Å². The number of carbonyl (C=O) groups excluding carboxylic acids is 1.